The fourth-order valence-corrected chi connectivity index (χ4v) is 10.8. The summed E-state index contributed by atoms with van der Waals surface area (Å²) in [7, 11) is 0. The zero-order valence-electron chi connectivity index (χ0n) is 18.0. The molecule has 3 heteroatoms. The summed E-state index contributed by atoms with van der Waals surface area (Å²) in [6.45, 7) is 0. The van der Waals surface area contributed by atoms with Crippen LogP contribution in [0.5, 0.6) is 0 Å². The van der Waals surface area contributed by atoms with E-state index in [4.69, 9.17) is 0 Å². The van der Waals surface area contributed by atoms with Crippen molar-refractivity contribution in [1.29, 1.82) is 0 Å². The molecule has 4 aromatic carbocycles. The molecule has 0 saturated heterocycles. The van der Waals surface area contributed by atoms with Crippen molar-refractivity contribution in [1.82, 2.24) is 0 Å². The molecule has 0 radical (unpaired) electrons. The summed E-state index contributed by atoms with van der Waals surface area (Å²) in [4.78, 5) is 0. The zero-order valence-corrected chi connectivity index (χ0v) is 21.9. The second-order valence-corrected chi connectivity index (χ2v) is 12.8. The molecule has 6 rings (SSSR count). The van der Waals surface area contributed by atoms with E-state index in [2.05, 4.69) is 133 Å². The molecule has 2 aliphatic rings. The number of benzene rings is 4. The van der Waals surface area contributed by atoms with Crippen molar-refractivity contribution in [2.24, 2.45) is 0 Å². The third kappa shape index (κ3) is 3.81. The molecule has 4 aromatic rings. The minimum Gasteiger partial charge on any atom is -1.00 e. The number of allylic oxidation sites excluding steroid dienone is 2. The van der Waals surface area contributed by atoms with Gasteiger partial charge in [-0.25, -0.2) is 0 Å². The van der Waals surface area contributed by atoms with Crippen LogP contribution in [-0.4, -0.2) is 0 Å². The van der Waals surface area contributed by atoms with Crippen LogP contribution in [0.4, 0.5) is 0 Å². The standard InChI is InChI=1S/2C15H11.2ClH.Zr/c2*1-2-6-12(7-3-1)15-11-10-13-8-4-5-9-14(13)15;;;/h2*1-11H;2*1H;/q;;;;+2/p-2. The predicted molar refractivity (Wildman–Crippen MR) is 125 cm³/mol. The first-order valence-corrected chi connectivity index (χ1v) is 13.3. The molecule has 0 fully saturated rings. The monoisotopic (exact) mass is 542 g/mol. The number of hydrogen-bond acceptors (Lipinski definition) is 0. The van der Waals surface area contributed by atoms with E-state index in [9.17, 15) is 0 Å². The molecule has 2 unspecified atom stereocenters. The average Bonchev–Trinajstić information content (AvgIpc) is 3.41. The largest absolute Gasteiger partial charge is 1.00 e. The van der Waals surface area contributed by atoms with E-state index < -0.39 is 23.2 Å². The molecule has 0 N–H and O–H groups in total. The van der Waals surface area contributed by atoms with Gasteiger partial charge in [0.15, 0.2) is 0 Å². The Kier molecular flexibility index (Phi) is 6.97. The molecule has 0 spiro atoms. The van der Waals surface area contributed by atoms with Gasteiger partial charge in [-0.05, 0) is 0 Å². The molecular formula is C30H22Cl2Zr. The summed E-state index contributed by atoms with van der Waals surface area (Å²) in [5.74, 6) is 0. The smallest absolute Gasteiger partial charge is 1.00 e. The maximum Gasteiger partial charge on any atom is -1.00 e. The average molecular weight is 545 g/mol. The third-order valence-corrected chi connectivity index (χ3v) is 12.2. The fraction of sp³-hybridized carbons (Fsp3) is 0.0667. The first kappa shape index (κ1) is 24.0. The third-order valence-electron chi connectivity index (χ3n) is 6.65. The zero-order chi connectivity index (χ0) is 20.7. The van der Waals surface area contributed by atoms with Crippen LogP contribution in [-0.2, 0) is 29.5 Å². The van der Waals surface area contributed by atoms with Gasteiger partial charge in [0.1, 0.15) is 0 Å². The van der Waals surface area contributed by atoms with E-state index in [-0.39, 0.29) is 31.1 Å². The molecule has 0 saturated carbocycles. The Morgan fingerprint density at radius 1 is 0.424 bits per heavy atom. The van der Waals surface area contributed by atoms with Crippen LogP contribution in [0.2, 0.25) is 0 Å². The Morgan fingerprint density at radius 3 is 1.21 bits per heavy atom. The first-order chi connectivity index (χ1) is 15.3. The summed E-state index contributed by atoms with van der Waals surface area (Å²) >= 11 is -1.24. The Bertz CT molecular complexity index is 1210. The molecular weight excluding hydrogens is 522 g/mol. The summed E-state index contributed by atoms with van der Waals surface area (Å²) in [6, 6.07) is 40.3. The molecule has 160 valence electrons. The van der Waals surface area contributed by atoms with Crippen molar-refractivity contribution in [3.8, 4) is 0 Å². The van der Waals surface area contributed by atoms with Crippen molar-refractivity contribution < 1.29 is 48.0 Å². The molecule has 0 bridgehead atoms. The van der Waals surface area contributed by atoms with Gasteiger partial charge in [-0.2, -0.15) is 0 Å². The Morgan fingerprint density at radius 2 is 0.788 bits per heavy atom. The van der Waals surface area contributed by atoms with Crippen LogP contribution in [0.1, 0.15) is 33.4 Å². The van der Waals surface area contributed by atoms with Gasteiger partial charge in [-0.3, -0.25) is 0 Å². The molecule has 0 aliphatic heterocycles. The Labute approximate surface area is 219 Å². The fourth-order valence-electron chi connectivity index (χ4n) is 5.19. The van der Waals surface area contributed by atoms with Crippen molar-refractivity contribution in [2.75, 3.05) is 0 Å². The molecule has 2 atom stereocenters. The normalized spacial score (nSPS) is 21.3. The van der Waals surface area contributed by atoms with Gasteiger partial charge in [0, 0.05) is 0 Å². The van der Waals surface area contributed by atoms with Crippen molar-refractivity contribution in [3.05, 3.63) is 155 Å². The van der Waals surface area contributed by atoms with Crippen LogP contribution in [0, 0.1) is 0 Å². The number of halogens is 2. The summed E-state index contributed by atoms with van der Waals surface area (Å²) in [5.41, 5.74) is 8.53. The molecule has 0 nitrogen and oxygen atoms in total. The van der Waals surface area contributed by atoms with Crippen LogP contribution in [0.25, 0.3) is 12.2 Å². The molecule has 0 amide bonds. The van der Waals surface area contributed by atoms with E-state index in [1.165, 1.54) is 33.4 Å². The van der Waals surface area contributed by atoms with Gasteiger partial charge in [0.2, 0.25) is 0 Å². The maximum absolute atomic E-state index is 2.51. The van der Waals surface area contributed by atoms with Crippen LogP contribution >= 0.6 is 0 Å². The van der Waals surface area contributed by atoms with E-state index in [0.29, 0.717) is 0 Å². The number of hydrogen-bond donors (Lipinski definition) is 0. The van der Waals surface area contributed by atoms with Gasteiger partial charge in [-0.1, -0.05) is 0 Å². The second-order valence-electron chi connectivity index (χ2n) is 8.31. The second kappa shape index (κ2) is 9.59. The van der Waals surface area contributed by atoms with E-state index >= 15 is 0 Å². The van der Waals surface area contributed by atoms with Crippen molar-refractivity contribution in [2.45, 2.75) is 6.25 Å². The molecule has 2 aliphatic carbocycles. The van der Waals surface area contributed by atoms with Crippen molar-refractivity contribution >= 4 is 12.2 Å². The van der Waals surface area contributed by atoms with Gasteiger partial charge in [0.25, 0.3) is 0 Å². The van der Waals surface area contributed by atoms with Gasteiger partial charge < -0.3 is 24.8 Å². The van der Waals surface area contributed by atoms with Gasteiger partial charge in [-0.15, -0.1) is 0 Å². The van der Waals surface area contributed by atoms with Crippen LogP contribution < -0.4 is 24.8 Å². The maximum atomic E-state index is 2.51. The van der Waals surface area contributed by atoms with Gasteiger partial charge >= 0.3 is 196 Å². The summed E-state index contributed by atoms with van der Waals surface area (Å²) < 4.78 is -0.0301. The van der Waals surface area contributed by atoms with Crippen molar-refractivity contribution in [3.63, 3.8) is 0 Å². The predicted octanol–water partition coefficient (Wildman–Crippen LogP) is 1.02. The Hall–Kier alpha value is -2.18. The van der Waals surface area contributed by atoms with Crippen LogP contribution in [0.15, 0.2) is 121 Å². The topological polar surface area (TPSA) is 0 Å². The van der Waals surface area contributed by atoms with E-state index in [1.807, 2.05) is 0 Å². The first-order valence-electron chi connectivity index (χ1n) is 10.8. The number of fused-ring (bicyclic) bond motifs is 2. The minimum absolute atomic E-state index is 0. The summed E-state index contributed by atoms with van der Waals surface area (Å²) in [6.07, 6.45) is 9.73. The quantitative estimate of drug-likeness (QED) is 0.360. The van der Waals surface area contributed by atoms with E-state index in [0.717, 1.165) is 0 Å². The molecule has 0 aromatic heterocycles. The SMILES string of the molecule is C1=C[C]([Zr+2][C]2(c3ccccc3)C=Cc3ccccc32)(c2ccccc2)c2ccccc21.[Cl-].[Cl-]. The molecule has 0 heterocycles. The Balaban J connectivity index is 0.00000130. The molecule has 33 heavy (non-hydrogen) atoms. The minimum atomic E-state index is -1.24. The number of rotatable bonds is 4. The van der Waals surface area contributed by atoms with E-state index in [1.54, 1.807) is 0 Å². The summed E-state index contributed by atoms with van der Waals surface area (Å²) in [5, 5.41) is 0. The van der Waals surface area contributed by atoms with Gasteiger partial charge in [0.05, 0.1) is 0 Å². The van der Waals surface area contributed by atoms with Crippen LogP contribution in [0.3, 0.4) is 0 Å².